The second kappa shape index (κ2) is 7.59. The normalized spacial score (nSPS) is 12.2. The van der Waals surface area contributed by atoms with Gasteiger partial charge in [0.2, 0.25) is 5.91 Å². The molecule has 118 valence electrons. The van der Waals surface area contributed by atoms with Crippen molar-refractivity contribution in [3.63, 3.8) is 0 Å². The second-order valence-corrected chi connectivity index (χ2v) is 5.52. The Morgan fingerprint density at radius 3 is 2.77 bits per heavy atom. The lowest BCUT2D eigenvalue weighted by Gasteiger charge is -2.22. The van der Waals surface area contributed by atoms with E-state index in [4.69, 9.17) is 4.74 Å². The third-order valence-corrected chi connectivity index (χ3v) is 3.54. The number of hydrogen-bond donors (Lipinski definition) is 1. The molecule has 1 atom stereocenters. The van der Waals surface area contributed by atoms with Crippen LogP contribution in [0, 0.1) is 5.92 Å². The third kappa shape index (κ3) is 4.31. The van der Waals surface area contributed by atoms with E-state index < -0.39 is 0 Å². The van der Waals surface area contributed by atoms with Crippen LogP contribution in [0.15, 0.2) is 36.9 Å². The molecule has 6 nitrogen and oxygen atoms in total. The number of methoxy groups -OCH3 is 1. The molecular weight excluding hydrogens is 280 g/mol. The van der Waals surface area contributed by atoms with Crippen LogP contribution in [-0.2, 0) is 17.8 Å². The second-order valence-electron chi connectivity index (χ2n) is 5.52. The Balaban J connectivity index is 1.99. The van der Waals surface area contributed by atoms with E-state index in [-0.39, 0.29) is 11.9 Å². The highest BCUT2D eigenvalue weighted by molar-refractivity contribution is 5.79. The van der Waals surface area contributed by atoms with Crippen molar-refractivity contribution in [3.8, 4) is 5.75 Å². The summed E-state index contributed by atoms with van der Waals surface area (Å²) < 4.78 is 7.01. The first-order chi connectivity index (χ1) is 10.6. The molecule has 1 amide bonds. The number of nitrogens with one attached hydrogen (secondary N) is 1. The van der Waals surface area contributed by atoms with Gasteiger partial charge in [-0.1, -0.05) is 32.0 Å². The van der Waals surface area contributed by atoms with E-state index >= 15 is 0 Å². The summed E-state index contributed by atoms with van der Waals surface area (Å²) in [6, 6.07) is 7.56. The van der Waals surface area contributed by atoms with Crippen molar-refractivity contribution in [1.82, 2.24) is 20.1 Å². The Labute approximate surface area is 130 Å². The fourth-order valence-electron chi connectivity index (χ4n) is 2.23. The Hall–Kier alpha value is -2.37. The maximum Gasteiger partial charge on any atom is 0.224 e. The van der Waals surface area contributed by atoms with Crippen LogP contribution in [-0.4, -0.2) is 33.8 Å². The van der Waals surface area contributed by atoms with Crippen LogP contribution >= 0.6 is 0 Å². The SMILES string of the molecule is COc1ccccc1CC(=O)N[C@@H](Cn1cncn1)C(C)C. The molecule has 0 aliphatic carbocycles. The van der Waals surface area contributed by atoms with Crippen LogP contribution in [0.4, 0.5) is 0 Å². The van der Waals surface area contributed by atoms with Gasteiger partial charge in [-0.15, -0.1) is 0 Å². The average molecular weight is 302 g/mol. The molecule has 1 aromatic carbocycles. The van der Waals surface area contributed by atoms with E-state index in [0.29, 0.717) is 18.9 Å². The molecule has 0 fully saturated rings. The minimum atomic E-state index is -0.0247. The Bertz CT molecular complexity index is 596. The van der Waals surface area contributed by atoms with Crippen LogP contribution < -0.4 is 10.1 Å². The highest BCUT2D eigenvalue weighted by Gasteiger charge is 2.18. The Kier molecular flexibility index (Phi) is 5.52. The molecule has 22 heavy (non-hydrogen) atoms. The van der Waals surface area contributed by atoms with Gasteiger partial charge in [-0.2, -0.15) is 5.10 Å². The topological polar surface area (TPSA) is 69.0 Å². The van der Waals surface area contributed by atoms with Gasteiger partial charge in [-0.05, 0) is 12.0 Å². The molecule has 0 aliphatic rings. The summed E-state index contributed by atoms with van der Waals surface area (Å²) in [5, 5.41) is 7.16. The zero-order chi connectivity index (χ0) is 15.9. The summed E-state index contributed by atoms with van der Waals surface area (Å²) in [6.07, 6.45) is 3.44. The van der Waals surface area contributed by atoms with E-state index in [1.54, 1.807) is 18.1 Å². The highest BCUT2D eigenvalue weighted by Crippen LogP contribution is 2.17. The van der Waals surface area contributed by atoms with Crippen molar-refractivity contribution >= 4 is 5.91 Å². The maximum atomic E-state index is 12.3. The summed E-state index contributed by atoms with van der Waals surface area (Å²) >= 11 is 0. The van der Waals surface area contributed by atoms with Gasteiger partial charge in [0.15, 0.2) is 0 Å². The molecule has 0 bridgehead atoms. The maximum absolute atomic E-state index is 12.3. The van der Waals surface area contributed by atoms with E-state index in [0.717, 1.165) is 11.3 Å². The van der Waals surface area contributed by atoms with Gasteiger partial charge in [0.1, 0.15) is 18.4 Å². The molecule has 2 rings (SSSR count). The van der Waals surface area contributed by atoms with Crippen molar-refractivity contribution < 1.29 is 9.53 Å². The molecule has 0 spiro atoms. The fraction of sp³-hybridized carbons (Fsp3) is 0.438. The summed E-state index contributed by atoms with van der Waals surface area (Å²) in [6.45, 7) is 4.76. The zero-order valence-electron chi connectivity index (χ0n) is 13.2. The predicted octanol–water partition coefficient (Wildman–Crippen LogP) is 1.67. The molecule has 0 saturated carbocycles. The summed E-state index contributed by atoms with van der Waals surface area (Å²) in [5.74, 6) is 1.00. The van der Waals surface area contributed by atoms with E-state index in [1.807, 2.05) is 24.3 Å². The minimum absolute atomic E-state index is 0.00362. The first-order valence-electron chi connectivity index (χ1n) is 7.33. The van der Waals surface area contributed by atoms with Crippen molar-refractivity contribution in [2.45, 2.75) is 32.9 Å². The van der Waals surface area contributed by atoms with Crippen LogP contribution in [0.1, 0.15) is 19.4 Å². The van der Waals surface area contributed by atoms with Crippen LogP contribution in [0.3, 0.4) is 0 Å². The number of rotatable bonds is 7. The molecular formula is C16H22N4O2. The van der Waals surface area contributed by atoms with Crippen LogP contribution in [0.25, 0.3) is 0 Å². The number of nitrogens with zero attached hydrogens (tertiary/aromatic N) is 3. The van der Waals surface area contributed by atoms with Gasteiger partial charge in [-0.25, -0.2) is 4.98 Å². The van der Waals surface area contributed by atoms with E-state index in [9.17, 15) is 4.79 Å². The molecule has 0 aliphatic heterocycles. The van der Waals surface area contributed by atoms with Gasteiger partial charge >= 0.3 is 0 Å². The summed E-state index contributed by atoms with van der Waals surface area (Å²) in [7, 11) is 1.61. The fourth-order valence-corrected chi connectivity index (χ4v) is 2.23. The number of ether oxygens (including phenoxy) is 1. The number of aromatic nitrogens is 3. The van der Waals surface area contributed by atoms with Crippen molar-refractivity contribution in [2.75, 3.05) is 7.11 Å². The highest BCUT2D eigenvalue weighted by atomic mass is 16.5. The number of amides is 1. The average Bonchev–Trinajstić information content (AvgIpc) is 3.00. The monoisotopic (exact) mass is 302 g/mol. The number of carbonyl (C=O) groups is 1. The lowest BCUT2D eigenvalue weighted by molar-refractivity contribution is -0.121. The lowest BCUT2D eigenvalue weighted by Crippen LogP contribution is -2.42. The summed E-state index contributed by atoms with van der Waals surface area (Å²) in [4.78, 5) is 16.2. The quantitative estimate of drug-likeness (QED) is 0.844. The van der Waals surface area contributed by atoms with Crippen molar-refractivity contribution in [2.24, 2.45) is 5.92 Å². The molecule has 1 heterocycles. The van der Waals surface area contributed by atoms with Crippen LogP contribution in [0.5, 0.6) is 5.75 Å². The first-order valence-corrected chi connectivity index (χ1v) is 7.33. The first kappa shape index (κ1) is 16.0. The van der Waals surface area contributed by atoms with E-state index in [1.165, 1.54) is 6.33 Å². The van der Waals surface area contributed by atoms with Gasteiger partial charge in [0.05, 0.1) is 26.1 Å². The van der Waals surface area contributed by atoms with Gasteiger partial charge in [-0.3, -0.25) is 9.48 Å². The summed E-state index contributed by atoms with van der Waals surface area (Å²) in [5.41, 5.74) is 0.880. The third-order valence-electron chi connectivity index (χ3n) is 3.54. The van der Waals surface area contributed by atoms with Crippen LogP contribution in [0.2, 0.25) is 0 Å². The smallest absolute Gasteiger partial charge is 0.224 e. The zero-order valence-corrected chi connectivity index (χ0v) is 13.2. The molecule has 1 aromatic heterocycles. The van der Waals surface area contributed by atoms with Gasteiger partial charge in [0.25, 0.3) is 0 Å². The minimum Gasteiger partial charge on any atom is -0.496 e. The molecule has 0 saturated heterocycles. The Morgan fingerprint density at radius 2 is 2.14 bits per heavy atom. The molecule has 0 unspecified atom stereocenters. The van der Waals surface area contributed by atoms with Crippen molar-refractivity contribution in [3.05, 3.63) is 42.5 Å². The molecule has 0 radical (unpaired) electrons. The number of benzene rings is 1. The largest absolute Gasteiger partial charge is 0.496 e. The standard InChI is InChI=1S/C16H22N4O2/c1-12(2)14(9-20-11-17-10-18-20)19-16(21)8-13-6-4-5-7-15(13)22-3/h4-7,10-12,14H,8-9H2,1-3H3,(H,19,21)/t14-/m0/s1. The number of hydrogen-bond acceptors (Lipinski definition) is 4. The van der Waals surface area contributed by atoms with Crippen molar-refractivity contribution in [1.29, 1.82) is 0 Å². The van der Waals surface area contributed by atoms with Gasteiger partial charge in [0, 0.05) is 5.56 Å². The lowest BCUT2D eigenvalue weighted by atomic mass is 10.0. The number of para-hydroxylation sites is 1. The number of carbonyl (C=O) groups excluding carboxylic acids is 1. The molecule has 2 aromatic rings. The Morgan fingerprint density at radius 1 is 1.36 bits per heavy atom. The molecule has 1 N–H and O–H groups in total. The van der Waals surface area contributed by atoms with Gasteiger partial charge < -0.3 is 10.1 Å². The van der Waals surface area contributed by atoms with E-state index in [2.05, 4.69) is 29.2 Å². The predicted molar refractivity (Wildman–Crippen MR) is 83.5 cm³/mol. The molecule has 6 heteroatoms.